The third kappa shape index (κ3) is 3.90. The van der Waals surface area contributed by atoms with Crippen molar-refractivity contribution in [2.45, 2.75) is 78.5 Å². The number of fused-ring (bicyclic) bond motifs is 1. The molecule has 0 aliphatic carbocycles. The van der Waals surface area contributed by atoms with Gasteiger partial charge < -0.3 is 23.9 Å². The van der Waals surface area contributed by atoms with Gasteiger partial charge in [0.15, 0.2) is 0 Å². The number of rotatable bonds is 6. The fourth-order valence-corrected chi connectivity index (χ4v) is 3.83. The van der Waals surface area contributed by atoms with Crippen molar-refractivity contribution in [3.8, 4) is 11.5 Å². The third-order valence-electron chi connectivity index (χ3n) is 6.38. The van der Waals surface area contributed by atoms with Gasteiger partial charge in [-0.05, 0) is 66.3 Å². The van der Waals surface area contributed by atoms with Gasteiger partial charge in [0.1, 0.15) is 23.7 Å². The first-order chi connectivity index (χ1) is 13.5. The van der Waals surface area contributed by atoms with Crippen LogP contribution in [0.25, 0.3) is 0 Å². The molecule has 0 amide bonds. The number of carbonyl (C=O) groups is 1. The Kier molecular flexibility index (Phi) is 5.76. The number of methoxy groups -OCH3 is 1. The molecular formula is C22H31BO6. The van der Waals surface area contributed by atoms with Crippen molar-refractivity contribution in [3.63, 3.8) is 0 Å². The predicted octanol–water partition coefficient (Wildman–Crippen LogP) is 4.35. The summed E-state index contributed by atoms with van der Waals surface area (Å²) >= 11 is 0. The Morgan fingerprint density at radius 1 is 1.24 bits per heavy atom. The van der Waals surface area contributed by atoms with E-state index < -0.39 is 5.97 Å². The van der Waals surface area contributed by atoms with Crippen molar-refractivity contribution in [1.29, 1.82) is 0 Å². The fraction of sp³-hybridized carbons (Fsp3) is 0.591. The lowest BCUT2D eigenvalue weighted by molar-refractivity contribution is 0.00578. The number of benzene rings is 1. The number of hydrogen-bond donors (Lipinski definition) is 1. The Labute approximate surface area is 173 Å². The molecule has 1 N–H and O–H groups in total. The van der Waals surface area contributed by atoms with E-state index in [-0.39, 0.29) is 36.2 Å². The Hall–Kier alpha value is -1.99. The summed E-state index contributed by atoms with van der Waals surface area (Å²) in [6, 6.07) is 0. The van der Waals surface area contributed by atoms with Crippen LogP contribution in [0.2, 0.25) is 6.32 Å². The van der Waals surface area contributed by atoms with Gasteiger partial charge in [0, 0.05) is 11.1 Å². The van der Waals surface area contributed by atoms with Crippen LogP contribution >= 0.6 is 0 Å². The number of aromatic hydroxyl groups is 1. The molecule has 2 heterocycles. The summed E-state index contributed by atoms with van der Waals surface area (Å²) in [4.78, 5) is 12.0. The van der Waals surface area contributed by atoms with Crippen LogP contribution in [0.4, 0.5) is 0 Å². The first kappa shape index (κ1) is 21.7. The topological polar surface area (TPSA) is 74.2 Å². The van der Waals surface area contributed by atoms with Crippen molar-refractivity contribution in [2.24, 2.45) is 0 Å². The number of hydrogen-bond acceptors (Lipinski definition) is 6. The fourth-order valence-electron chi connectivity index (χ4n) is 3.83. The molecular weight excluding hydrogens is 371 g/mol. The molecule has 0 bridgehead atoms. The van der Waals surface area contributed by atoms with Crippen molar-refractivity contribution in [1.82, 2.24) is 0 Å². The molecule has 1 aromatic carbocycles. The molecule has 2 aliphatic heterocycles. The van der Waals surface area contributed by atoms with E-state index in [0.717, 1.165) is 23.9 Å². The zero-order valence-electron chi connectivity index (χ0n) is 18.5. The van der Waals surface area contributed by atoms with E-state index in [1.807, 2.05) is 41.5 Å². The van der Waals surface area contributed by atoms with E-state index in [1.165, 1.54) is 0 Å². The first-order valence-electron chi connectivity index (χ1n) is 10.1. The quantitative estimate of drug-likeness (QED) is 0.433. The maximum Gasteiger partial charge on any atom is 0.458 e. The van der Waals surface area contributed by atoms with E-state index in [9.17, 15) is 9.90 Å². The minimum Gasteiger partial charge on any atom is -0.507 e. The summed E-state index contributed by atoms with van der Waals surface area (Å²) in [7, 11) is 1.34. The Morgan fingerprint density at radius 3 is 2.45 bits per heavy atom. The lowest BCUT2D eigenvalue weighted by Crippen LogP contribution is -2.41. The van der Waals surface area contributed by atoms with Gasteiger partial charge in [0.05, 0.1) is 18.3 Å². The molecule has 6 nitrogen and oxygen atoms in total. The SMILES string of the molecule is COc1c(C)c2c(c(O)c1C/C=C(\C)CCB1OC(C)(C)C(C)(C)O1)C(=O)OC2. The average molecular weight is 402 g/mol. The molecule has 158 valence electrons. The van der Waals surface area contributed by atoms with Gasteiger partial charge in [-0.3, -0.25) is 0 Å². The van der Waals surface area contributed by atoms with Crippen LogP contribution in [0.15, 0.2) is 11.6 Å². The smallest absolute Gasteiger partial charge is 0.458 e. The third-order valence-corrected chi connectivity index (χ3v) is 6.38. The molecule has 7 heteroatoms. The van der Waals surface area contributed by atoms with Gasteiger partial charge >= 0.3 is 13.1 Å². The van der Waals surface area contributed by atoms with Crippen LogP contribution in [0.5, 0.6) is 11.5 Å². The summed E-state index contributed by atoms with van der Waals surface area (Å²) < 4.78 is 22.7. The van der Waals surface area contributed by atoms with Crippen molar-refractivity contribution >= 4 is 13.1 Å². The van der Waals surface area contributed by atoms with Crippen LogP contribution in [-0.4, -0.2) is 36.5 Å². The number of ether oxygens (including phenoxy) is 2. The summed E-state index contributed by atoms with van der Waals surface area (Å²) in [6.07, 6.45) is 4.08. The van der Waals surface area contributed by atoms with Crippen LogP contribution in [-0.2, 0) is 27.1 Å². The van der Waals surface area contributed by atoms with Crippen molar-refractivity contribution in [2.75, 3.05) is 7.11 Å². The summed E-state index contributed by atoms with van der Waals surface area (Å²) in [5.41, 5.74) is 2.91. The molecule has 0 spiro atoms. The number of carbonyl (C=O) groups excluding carboxylic acids is 1. The van der Waals surface area contributed by atoms with Crippen LogP contribution in [0, 0.1) is 6.92 Å². The van der Waals surface area contributed by atoms with Crippen LogP contribution in [0.1, 0.15) is 68.1 Å². The highest BCUT2D eigenvalue weighted by Gasteiger charge is 2.50. The monoisotopic (exact) mass is 402 g/mol. The van der Waals surface area contributed by atoms with Crippen LogP contribution in [0.3, 0.4) is 0 Å². The van der Waals surface area contributed by atoms with Gasteiger partial charge in [-0.1, -0.05) is 11.6 Å². The highest BCUT2D eigenvalue weighted by Crippen LogP contribution is 2.42. The summed E-state index contributed by atoms with van der Waals surface area (Å²) in [5, 5.41) is 10.7. The maximum atomic E-state index is 12.0. The highest BCUT2D eigenvalue weighted by molar-refractivity contribution is 6.45. The minimum atomic E-state index is -0.481. The zero-order chi connectivity index (χ0) is 21.6. The Bertz CT molecular complexity index is 840. The van der Waals surface area contributed by atoms with E-state index in [1.54, 1.807) is 7.11 Å². The lowest BCUT2D eigenvalue weighted by Gasteiger charge is -2.32. The van der Waals surface area contributed by atoms with Crippen molar-refractivity contribution in [3.05, 3.63) is 33.9 Å². The van der Waals surface area contributed by atoms with Gasteiger partial charge in [-0.25, -0.2) is 4.79 Å². The second kappa shape index (κ2) is 7.69. The van der Waals surface area contributed by atoms with E-state index in [0.29, 0.717) is 23.3 Å². The van der Waals surface area contributed by atoms with Gasteiger partial charge in [-0.15, -0.1) is 0 Å². The minimum absolute atomic E-state index is 0.0417. The average Bonchev–Trinajstić information content (AvgIpc) is 3.11. The predicted molar refractivity (Wildman–Crippen MR) is 111 cm³/mol. The standard InChI is InChI=1S/C22H31BO6/c1-13(10-11-23-28-21(3,4)22(5,6)29-23)8-9-15-18(24)17-16(12-27-20(17)25)14(2)19(15)26-7/h8,24H,9-12H2,1-7H3/b13-8+. The van der Waals surface area contributed by atoms with E-state index in [4.69, 9.17) is 18.8 Å². The zero-order valence-corrected chi connectivity index (χ0v) is 18.5. The molecule has 29 heavy (non-hydrogen) atoms. The maximum absolute atomic E-state index is 12.0. The molecule has 1 aromatic rings. The summed E-state index contributed by atoms with van der Waals surface area (Å²) in [6.45, 7) is 12.3. The molecule has 0 atom stereocenters. The van der Waals surface area contributed by atoms with Crippen LogP contribution < -0.4 is 4.74 Å². The molecule has 0 saturated carbocycles. The molecule has 1 saturated heterocycles. The second-order valence-electron chi connectivity index (χ2n) is 8.89. The number of allylic oxidation sites excluding steroid dienone is 2. The molecule has 3 rings (SSSR count). The second-order valence-corrected chi connectivity index (χ2v) is 8.89. The first-order valence-corrected chi connectivity index (χ1v) is 10.1. The Morgan fingerprint density at radius 2 is 1.86 bits per heavy atom. The van der Waals surface area contributed by atoms with E-state index >= 15 is 0 Å². The number of esters is 1. The Balaban J connectivity index is 1.72. The van der Waals surface area contributed by atoms with Crippen molar-refractivity contribution < 1.29 is 28.7 Å². The van der Waals surface area contributed by atoms with E-state index in [2.05, 4.69) is 6.08 Å². The number of phenolic OH excluding ortho intramolecular Hbond substituents is 1. The largest absolute Gasteiger partial charge is 0.507 e. The van der Waals surface area contributed by atoms with Gasteiger partial charge in [-0.2, -0.15) is 0 Å². The molecule has 1 fully saturated rings. The number of phenols is 1. The molecule has 0 radical (unpaired) electrons. The molecule has 2 aliphatic rings. The highest BCUT2D eigenvalue weighted by atomic mass is 16.7. The number of cyclic esters (lactones) is 1. The molecule has 0 unspecified atom stereocenters. The normalized spacial score (nSPS) is 20.0. The molecule has 0 aromatic heterocycles. The van der Waals surface area contributed by atoms with Gasteiger partial charge in [0.2, 0.25) is 0 Å². The lowest BCUT2D eigenvalue weighted by atomic mass is 9.81. The summed E-state index contributed by atoms with van der Waals surface area (Å²) in [5.74, 6) is 0.0838. The van der Waals surface area contributed by atoms with Gasteiger partial charge in [0.25, 0.3) is 0 Å².